The Morgan fingerprint density at radius 2 is 2.30 bits per heavy atom. The maximum Gasteiger partial charge on any atom is 0.321 e. The van der Waals surface area contributed by atoms with Crippen LogP contribution in [0.15, 0.2) is 24.3 Å². The van der Waals surface area contributed by atoms with Gasteiger partial charge in [0.15, 0.2) is 5.82 Å². The summed E-state index contributed by atoms with van der Waals surface area (Å²) >= 11 is 0. The molecule has 1 aromatic heterocycles. The van der Waals surface area contributed by atoms with Gasteiger partial charge in [0, 0.05) is 24.8 Å². The minimum Gasteiger partial charge on any atom is -0.395 e. The minimum atomic E-state index is -0.276. The van der Waals surface area contributed by atoms with Gasteiger partial charge in [-0.05, 0) is 19.1 Å². The second-order valence-electron chi connectivity index (χ2n) is 4.40. The molecular weight excluding hydrogens is 258 g/mol. The number of rotatable bonds is 4. The monoisotopic (exact) mass is 275 g/mol. The lowest BCUT2D eigenvalue weighted by Crippen LogP contribution is -2.33. The number of carbonyl (C=O) groups excluding carboxylic acids is 1. The Labute approximate surface area is 116 Å². The molecule has 0 aliphatic heterocycles. The molecule has 2 rings (SSSR count). The average molecular weight is 275 g/mol. The Hall–Kier alpha value is -2.41. The Kier molecular flexibility index (Phi) is 4.31. The predicted octanol–water partition coefficient (Wildman–Crippen LogP) is 1.24. The minimum absolute atomic E-state index is 0.0690. The molecule has 106 valence electrons. The van der Waals surface area contributed by atoms with Crippen molar-refractivity contribution < 1.29 is 9.90 Å². The van der Waals surface area contributed by atoms with Gasteiger partial charge < -0.3 is 15.3 Å². The molecule has 1 aromatic carbocycles. The molecule has 7 heteroatoms. The summed E-state index contributed by atoms with van der Waals surface area (Å²) in [5.74, 6) is 1.32. The molecule has 0 saturated carbocycles. The van der Waals surface area contributed by atoms with E-state index in [0.717, 1.165) is 11.4 Å². The van der Waals surface area contributed by atoms with Crippen molar-refractivity contribution in [2.75, 3.05) is 25.5 Å². The number of anilines is 1. The van der Waals surface area contributed by atoms with E-state index in [1.54, 1.807) is 19.2 Å². The van der Waals surface area contributed by atoms with E-state index >= 15 is 0 Å². The Morgan fingerprint density at radius 1 is 1.50 bits per heavy atom. The number of amides is 2. The first kappa shape index (κ1) is 14.0. The van der Waals surface area contributed by atoms with Gasteiger partial charge in [-0.1, -0.05) is 12.1 Å². The zero-order valence-electron chi connectivity index (χ0n) is 11.4. The van der Waals surface area contributed by atoms with Gasteiger partial charge in [0.25, 0.3) is 0 Å². The number of likely N-dealkylation sites (N-methyl/N-ethyl adjacent to an activating group) is 1. The van der Waals surface area contributed by atoms with Gasteiger partial charge in [0.05, 0.1) is 6.61 Å². The second kappa shape index (κ2) is 6.16. The van der Waals surface area contributed by atoms with Crippen molar-refractivity contribution in [1.29, 1.82) is 0 Å². The van der Waals surface area contributed by atoms with Crippen molar-refractivity contribution in [2.45, 2.75) is 6.92 Å². The van der Waals surface area contributed by atoms with Crippen LogP contribution in [0.25, 0.3) is 11.4 Å². The summed E-state index contributed by atoms with van der Waals surface area (Å²) in [6.45, 7) is 2.04. The van der Waals surface area contributed by atoms with Gasteiger partial charge in [0.1, 0.15) is 5.82 Å². The summed E-state index contributed by atoms with van der Waals surface area (Å²) in [6.07, 6.45) is 0. The van der Waals surface area contributed by atoms with Crippen LogP contribution < -0.4 is 5.32 Å². The first-order valence-corrected chi connectivity index (χ1v) is 6.22. The van der Waals surface area contributed by atoms with Crippen molar-refractivity contribution >= 4 is 11.7 Å². The molecule has 1 heterocycles. The number of urea groups is 1. The number of nitrogens with one attached hydrogen (secondary N) is 2. The van der Waals surface area contributed by atoms with E-state index in [2.05, 4.69) is 20.5 Å². The Balaban J connectivity index is 2.12. The SMILES string of the molecule is Cc1nc(-c2cccc(NC(=O)N(C)CCO)c2)n[nH]1. The lowest BCUT2D eigenvalue weighted by Gasteiger charge is -2.16. The number of nitrogens with zero attached hydrogens (tertiary/aromatic N) is 3. The molecule has 0 aliphatic rings. The number of H-pyrrole nitrogens is 1. The standard InChI is InChI=1S/C13H17N5O2/c1-9-14-12(17-16-9)10-4-3-5-11(8-10)15-13(20)18(2)6-7-19/h3-5,8,19H,6-7H2,1-2H3,(H,15,20)(H,14,16,17). The number of aromatic nitrogens is 3. The number of aromatic amines is 1. The summed E-state index contributed by atoms with van der Waals surface area (Å²) in [7, 11) is 1.62. The third-order valence-electron chi connectivity index (χ3n) is 2.75. The molecule has 2 aromatic rings. The molecule has 0 unspecified atom stereocenters. The third-order valence-corrected chi connectivity index (χ3v) is 2.75. The van der Waals surface area contributed by atoms with Crippen LogP contribution in [-0.2, 0) is 0 Å². The lowest BCUT2D eigenvalue weighted by molar-refractivity contribution is 0.202. The molecule has 7 nitrogen and oxygen atoms in total. The summed E-state index contributed by atoms with van der Waals surface area (Å²) in [6, 6.07) is 7.00. The largest absolute Gasteiger partial charge is 0.395 e. The van der Waals surface area contributed by atoms with Crippen LogP contribution in [-0.4, -0.2) is 51.4 Å². The Bertz CT molecular complexity index is 596. The highest BCUT2D eigenvalue weighted by atomic mass is 16.3. The lowest BCUT2D eigenvalue weighted by atomic mass is 10.2. The van der Waals surface area contributed by atoms with E-state index in [0.29, 0.717) is 11.5 Å². The fourth-order valence-corrected chi connectivity index (χ4v) is 1.68. The van der Waals surface area contributed by atoms with E-state index in [1.165, 1.54) is 4.90 Å². The van der Waals surface area contributed by atoms with Crippen LogP contribution >= 0.6 is 0 Å². The molecule has 0 radical (unpaired) electrons. The maximum atomic E-state index is 11.8. The smallest absolute Gasteiger partial charge is 0.321 e. The normalized spacial score (nSPS) is 10.3. The maximum absolute atomic E-state index is 11.8. The van der Waals surface area contributed by atoms with Crippen molar-refractivity contribution in [3.63, 3.8) is 0 Å². The van der Waals surface area contributed by atoms with Crippen LogP contribution in [0.5, 0.6) is 0 Å². The third kappa shape index (κ3) is 3.33. The van der Waals surface area contributed by atoms with Crippen LogP contribution in [0.2, 0.25) is 0 Å². The second-order valence-corrected chi connectivity index (χ2v) is 4.40. The van der Waals surface area contributed by atoms with Crippen molar-refractivity contribution in [3.05, 3.63) is 30.1 Å². The number of hydrogen-bond acceptors (Lipinski definition) is 4. The van der Waals surface area contributed by atoms with Crippen LogP contribution in [0.1, 0.15) is 5.82 Å². The molecule has 0 bridgehead atoms. The topological polar surface area (TPSA) is 94.1 Å². The average Bonchev–Trinajstić information content (AvgIpc) is 2.86. The summed E-state index contributed by atoms with van der Waals surface area (Å²) in [5.41, 5.74) is 1.47. The highest BCUT2D eigenvalue weighted by molar-refractivity contribution is 5.89. The van der Waals surface area contributed by atoms with E-state index in [4.69, 9.17) is 5.11 Å². The molecule has 2 amide bonds. The highest BCUT2D eigenvalue weighted by Crippen LogP contribution is 2.19. The summed E-state index contributed by atoms with van der Waals surface area (Å²) in [4.78, 5) is 17.5. The van der Waals surface area contributed by atoms with Gasteiger partial charge >= 0.3 is 6.03 Å². The molecule has 0 fully saturated rings. The van der Waals surface area contributed by atoms with E-state index in [-0.39, 0.29) is 19.2 Å². The fourth-order valence-electron chi connectivity index (χ4n) is 1.68. The number of carbonyl (C=O) groups is 1. The molecule has 3 N–H and O–H groups in total. The highest BCUT2D eigenvalue weighted by Gasteiger charge is 2.09. The predicted molar refractivity (Wildman–Crippen MR) is 75.3 cm³/mol. The van der Waals surface area contributed by atoms with Crippen molar-refractivity contribution in [1.82, 2.24) is 20.1 Å². The van der Waals surface area contributed by atoms with Gasteiger partial charge in [-0.25, -0.2) is 9.78 Å². The molecule has 0 spiro atoms. The van der Waals surface area contributed by atoms with Gasteiger partial charge in [-0.15, -0.1) is 0 Å². The van der Waals surface area contributed by atoms with Crippen LogP contribution in [0.3, 0.4) is 0 Å². The molecule has 0 atom stereocenters. The first-order chi connectivity index (χ1) is 9.60. The fraction of sp³-hybridized carbons (Fsp3) is 0.308. The first-order valence-electron chi connectivity index (χ1n) is 6.22. The van der Waals surface area contributed by atoms with Crippen molar-refractivity contribution in [3.8, 4) is 11.4 Å². The molecule has 0 saturated heterocycles. The van der Waals surface area contributed by atoms with Crippen molar-refractivity contribution in [2.24, 2.45) is 0 Å². The number of aryl methyl sites for hydroxylation is 1. The quantitative estimate of drug-likeness (QED) is 0.782. The van der Waals surface area contributed by atoms with E-state index < -0.39 is 0 Å². The summed E-state index contributed by atoms with van der Waals surface area (Å²) < 4.78 is 0. The van der Waals surface area contributed by atoms with E-state index in [9.17, 15) is 4.79 Å². The zero-order chi connectivity index (χ0) is 14.5. The number of hydrogen-bond donors (Lipinski definition) is 3. The Morgan fingerprint density at radius 3 is 2.95 bits per heavy atom. The number of aliphatic hydroxyl groups is 1. The zero-order valence-corrected chi connectivity index (χ0v) is 11.4. The molecular formula is C13H17N5O2. The van der Waals surface area contributed by atoms with Crippen LogP contribution in [0.4, 0.5) is 10.5 Å². The molecule has 0 aliphatic carbocycles. The van der Waals surface area contributed by atoms with Gasteiger partial charge in [-0.3, -0.25) is 5.10 Å². The van der Waals surface area contributed by atoms with Gasteiger partial charge in [0.2, 0.25) is 0 Å². The summed E-state index contributed by atoms with van der Waals surface area (Å²) in [5, 5.41) is 18.4. The van der Waals surface area contributed by atoms with Crippen LogP contribution in [0, 0.1) is 6.92 Å². The van der Waals surface area contributed by atoms with E-state index in [1.807, 2.05) is 19.1 Å². The molecule has 20 heavy (non-hydrogen) atoms. The van der Waals surface area contributed by atoms with Gasteiger partial charge in [-0.2, -0.15) is 5.10 Å². The number of aliphatic hydroxyl groups excluding tert-OH is 1. The number of benzene rings is 1.